The van der Waals surface area contributed by atoms with Gasteiger partial charge in [-0.15, -0.1) is 0 Å². The van der Waals surface area contributed by atoms with Crippen LogP contribution in [0, 0.1) is 12.4 Å². The molecule has 0 nitrogen and oxygen atoms in total. The molecule has 0 radical (unpaired) electrons. The van der Waals surface area contributed by atoms with Crippen molar-refractivity contribution in [2.75, 3.05) is 0 Å². The zero-order valence-electron chi connectivity index (χ0n) is 2.29. The second-order valence-corrected chi connectivity index (χ2v) is 0. The van der Waals surface area contributed by atoms with E-state index < -0.39 is 0 Å². The molecule has 0 saturated carbocycles. The summed E-state index contributed by atoms with van der Waals surface area (Å²) < 4.78 is 0. The van der Waals surface area contributed by atoms with Gasteiger partial charge in [-0.2, -0.15) is 0 Å². The van der Waals surface area contributed by atoms with Gasteiger partial charge in [0.15, 0.2) is 0 Å². The molecule has 0 aromatic heterocycles. The van der Waals surface area contributed by atoms with Gasteiger partial charge < -0.3 is 37.2 Å². The van der Waals surface area contributed by atoms with Crippen molar-refractivity contribution >= 4 is 23.1 Å². The van der Waals surface area contributed by atoms with Gasteiger partial charge in [0.25, 0.3) is 0 Å². The van der Waals surface area contributed by atoms with Crippen molar-refractivity contribution in [1.82, 2.24) is 0 Å². The Morgan fingerprint density at radius 2 is 0.600 bits per heavy atom. The van der Waals surface area contributed by atoms with Crippen molar-refractivity contribution in [3.8, 4) is 0 Å². The van der Waals surface area contributed by atoms with E-state index in [-0.39, 0.29) is 72.7 Å². The van der Waals surface area contributed by atoms with Crippen LogP contribution in [-0.4, -0.2) is 23.1 Å². The normalized spacial score (nSPS) is 0. The van der Waals surface area contributed by atoms with E-state index in [1.165, 1.54) is 0 Å². The molecular weight excluding hydrogens is 166 g/mol. The van der Waals surface area contributed by atoms with E-state index in [9.17, 15) is 0 Å². The molecule has 0 saturated heterocycles. The summed E-state index contributed by atoms with van der Waals surface area (Å²) in [6.45, 7) is 0. The molecule has 0 aliphatic heterocycles. The average molecular weight is 168 g/mol. The zero-order valence-corrected chi connectivity index (χ0v) is 6.86. The fourth-order valence-electron chi connectivity index (χ4n) is 0. The minimum atomic E-state index is 0. The molecule has 0 atom stereocenters. The maximum Gasteiger partial charge on any atom is 2.00 e. The Morgan fingerprint density at radius 1 is 0.600 bits per heavy atom. The van der Waals surface area contributed by atoms with Crippen LogP contribution < -0.4 is 37.2 Å². The van der Waals surface area contributed by atoms with Crippen LogP contribution in [0.3, 0.4) is 0 Å². The maximum absolute atomic E-state index is 0. The van der Waals surface area contributed by atoms with E-state index in [2.05, 4.69) is 0 Å². The Bertz CT molecular complexity index is 3.61. The Morgan fingerprint density at radius 3 is 0.600 bits per heavy atom. The van der Waals surface area contributed by atoms with E-state index >= 15 is 0 Å². The quantitative estimate of drug-likeness (QED) is 0.315. The first-order valence-corrected chi connectivity index (χ1v) is 0. The summed E-state index contributed by atoms with van der Waals surface area (Å²) in [7, 11) is 0. The van der Waals surface area contributed by atoms with Crippen molar-refractivity contribution in [3.05, 3.63) is 0 Å². The Labute approximate surface area is 72.3 Å². The molecule has 0 fully saturated rings. The average Bonchev–Trinajstić information content (AvgIpc) is 0. The summed E-state index contributed by atoms with van der Waals surface area (Å²) in [5, 5.41) is 0. The molecule has 0 aliphatic carbocycles. The van der Waals surface area contributed by atoms with Crippen LogP contribution in [0.2, 0.25) is 0 Å². The Kier molecular flexibility index (Phi) is 508. The van der Waals surface area contributed by atoms with Gasteiger partial charge >= 0.3 is 23.1 Å². The van der Waals surface area contributed by atoms with Gasteiger partial charge in [-0.3, -0.25) is 0 Å². The Balaban J connectivity index is 0. The molecule has 5 heavy (non-hydrogen) atoms. The molecule has 0 unspecified atom stereocenters. The van der Waals surface area contributed by atoms with Crippen molar-refractivity contribution < 1.29 is 49.6 Å². The van der Waals surface area contributed by atoms with Crippen molar-refractivity contribution in [3.63, 3.8) is 0 Å². The fraction of sp³-hybridized carbons (Fsp3) is 0. The minimum absolute atomic E-state index is 0. The first-order chi connectivity index (χ1) is 0. The van der Waals surface area contributed by atoms with Gasteiger partial charge in [-0.1, -0.05) is 0 Å². The van der Waals surface area contributed by atoms with E-state index in [4.69, 9.17) is 0 Å². The summed E-state index contributed by atoms with van der Waals surface area (Å²) >= 11 is 0. The molecule has 0 heterocycles. The standard InChI is InChI=1S/ClH2.3ClH.Mg/h1H2;3*1H;/q+1;;;;+2/p-3. The second kappa shape index (κ2) is 38.8. The molecule has 0 aliphatic rings. The largest absolute Gasteiger partial charge is 2.00 e. The number of hydrogen-bond donors (Lipinski definition) is 0. The van der Waals surface area contributed by atoms with Crippen LogP contribution >= 0.6 is 0 Å². The van der Waals surface area contributed by atoms with E-state index in [0.29, 0.717) is 0 Å². The van der Waals surface area contributed by atoms with Crippen molar-refractivity contribution in [2.45, 2.75) is 0 Å². The molecule has 0 bridgehead atoms. The summed E-state index contributed by atoms with van der Waals surface area (Å²) in [5.41, 5.74) is 0. The van der Waals surface area contributed by atoms with Gasteiger partial charge in [-0.25, -0.2) is 0 Å². The molecular formula is H2Cl4Mg. The van der Waals surface area contributed by atoms with Gasteiger partial charge in [0, 0.05) is 0 Å². The maximum atomic E-state index is 0. The smallest absolute Gasteiger partial charge is 1.00 e. The molecule has 0 N–H and O–H groups in total. The predicted octanol–water partition coefficient (Wildman–Crippen LogP) is -9.90. The van der Waals surface area contributed by atoms with Gasteiger partial charge in [0.2, 0.25) is 0 Å². The first-order valence-electron chi connectivity index (χ1n) is 0. The predicted molar refractivity (Wildman–Crippen MR) is 8.54 cm³/mol. The molecule has 0 aromatic carbocycles. The number of rotatable bonds is 0. The Hall–Kier alpha value is 1.93. The SMILES string of the molecule is [Cl-].[Cl-].[Cl-].[ClH2+].[Mg+2]. The van der Waals surface area contributed by atoms with E-state index in [1.807, 2.05) is 0 Å². The summed E-state index contributed by atoms with van der Waals surface area (Å²) in [5.74, 6) is 0. The second-order valence-electron chi connectivity index (χ2n) is 0. The summed E-state index contributed by atoms with van der Waals surface area (Å²) in [6, 6.07) is 0. The first kappa shape index (κ1) is 65.6. The van der Waals surface area contributed by atoms with Crippen molar-refractivity contribution in [1.29, 1.82) is 0 Å². The summed E-state index contributed by atoms with van der Waals surface area (Å²) in [4.78, 5) is 0. The number of hydrogen-bond acceptors (Lipinski definition) is 0. The molecule has 0 rings (SSSR count). The van der Waals surface area contributed by atoms with Crippen LogP contribution in [-0.2, 0) is 0 Å². The fourth-order valence-corrected chi connectivity index (χ4v) is 0. The van der Waals surface area contributed by atoms with Gasteiger partial charge in [-0.05, 0) is 0 Å². The third-order valence-electron chi connectivity index (χ3n) is 0. The third kappa shape index (κ3) is 24.6. The minimum Gasteiger partial charge on any atom is -1.00 e. The van der Waals surface area contributed by atoms with Crippen LogP contribution in [0.1, 0.15) is 0 Å². The van der Waals surface area contributed by atoms with E-state index in [1.54, 1.807) is 0 Å². The number of halogens is 4. The molecule has 5 heteroatoms. The molecule has 0 amide bonds. The topological polar surface area (TPSA) is 0 Å². The van der Waals surface area contributed by atoms with Crippen LogP contribution in [0.4, 0.5) is 0 Å². The van der Waals surface area contributed by atoms with Crippen LogP contribution in [0.5, 0.6) is 0 Å². The van der Waals surface area contributed by atoms with Gasteiger partial charge in [0.05, 0.1) is 12.4 Å². The monoisotopic (exact) mass is 166 g/mol. The molecule has 0 aromatic rings. The van der Waals surface area contributed by atoms with Crippen LogP contribution in [0.15, 0.2) is 0 Å². The van der Waals surface area contributed by atoms with Crippen LogP contribution in [0.25, 0.3) is 0 Å². The third-order valence-corrected chi connectivity index (χ3v) is 0. The summed E-state index contributed by atoms with van der Waals surface area (Å²) in [6.07, 6.45) is 0. The zero-order chi connectivity index (χ0) is 0. The molecule has 32 valence electrons. The van der Waals surface area contributed by atoms with Crippen molar-refractivity contribution in [2.24, 2.45) is 0 Å². The molecule has 0 spiro atoms. The van der Waals surface area contributed by atoms with Gasteiger partial charge in [0.1, 0.15) is 0 Å². The van der Waals surface area contributed by atoms with E-state index in [0.717, 1.165) is 0 Å².